The summed E-state index contributed by atoms with van der Waals surface area (Å²) in [6, 6.07) is 17.9. The van der Waals surface area contributed by atoms with Crippen molar-refractivity contribution in [2.24, 2.45) is 13.0 Å². The van der Waals surface area contributed by atoms with Gasteiger partial charge in [0, 0.05) is 105 Å². The summed E-state index contributed by atoms with van der Waals surface area (Å²) in [5.74, 6) is 0.881. The molecule has 2 aromatic carbocycles. The Bertz CT molecular complexity index is 2670. The number of imidazole rings is 1. The van der Waals surface area contributed by atoms with Crippen LogP contribution in [-0.4, -0.2) is 100 Å². The molecule has 10 rings (SSSR count). The van der Waals surface area contributed by atoms with Crippen LogP contribution in [0.15, 0.2) is 65.6 Å². The van der Waals surface area contributed by atoms with Crippen molar-refractivity contribution in [2.75, 3.05) is 67.5 Å². The summed E-state index contributed by atoms with van der Waals surface area (Å²) in [6.07, 6.45) is 4.69. The highest BCUT2D eigenvalue weighted by atomic mass is 32.1. The van der Waals surface area contributed by atoms with Gasteiger partial charge in [-0.1, -0.05) is 0 Å². The van der Waals surface area contributed by atoms with Gasteiger partial charge in [-0.25, -0.2) is 14.8 Å². The lowest BCUT2D eigenvalue weighted by molar-refractivity contribution is -0.135. The van der Waals surface area contributed by atoms with E-state index in [1.807, 2.05) is 25.3 Å². The number of piperazine rings is 1. The molecule has 0 saturated carbocycles. The molecule has 4 aromatic heterocycles. The molecule has 6 aromatic rings. The van der Waals surface area contributed by atoms with Crippen LogP contribution < -0.4 is 31.4 Å². The van der Waals surface area contributed by atoms with Gasteiger partial charge in [0.15, 0.2) is 0 Å². The summed E-state index contributed by atoms with van der Waals surface area (Å²) in [6.45, 7) is 9.55. The number of amides is 3. The molecule has 3 saturated heterocycles. The van der Waals surface area contributed by atoms with Gasteiger partial charge in [0.2, 0.25) is 11.8 Å². The molecule has 8 heterocycles. The van der Waals surface area contributed by atoms with Crippen LogP contribution in [0.25, 0.3) is 43.3 Å². The largest absolute Gasteiger partial charge is 0.381 e. The molecule has 15 heteroatoms. The number of rotatable bonds is 6. The van der Waals surface area contributed by atoms with Crippen molar-refractivity contribution in [1.29, 1.82) is 0 Å². The van der Waals surface area contributed by atoms with E-state index in [2.05, 4.69) is 73.1 Å². The maximum atomic E-state index is 13.2. The molecule has 3 fully saturated rings. The molecule has 4 aliphatic rings. The topological polar surface area (TPSA) is 150 Å². The molecule has 3 amide bonds. The fourth-order valence-corrected chi connectivity index (χ4v) is 10.4. The summed E-state index contributed by atoms with van der Waals surface area (Å²) in [5.41, 5.74) is 5.99. The molecule has 3 N–H and O–H groups in total. The van der Waals surface area contributed by atoms with Crippen molar-refractivity contribution in [3.63, 3.8) is 0 Å². The van der Waals surface area contributed by atoms with Crippen LogP contribution in [0.1, 0.15) is 48.3 Å². The number of benzene rings is 2. The molecule has 4 aliphatic heterocycles. The second kappa shape index (κ2) is 14.5. The highest BCUT2D eigenvalue weighted by Gasteiger charge is 2.32. The maximum Gasteiger partial charge on any atom is 0.329 e. The lowest BCUT2D eigenvalue weighted by atomic mass is 9.95. The van der Waals surface area contributed by atoms with E-state index < -0.39 is 11.9 Å². The summed E-state index contributed by atoms with van der Waals surface area (Å²) in [4.78, 5) is 68.4. The lowest BCUT2D eigenvalue weighted by Crippen LogP contribution is -2.49. The first kappa shape index (κ1) is 36.5. The molecule has 1 unspecified atom stereocenters. The second-order valence-electron chi connectivity index (χ2n) is 16.2. The van der Waals surface area contributed by atoms with Crippen LogP contribution in [0.4, 0.5) is 17.2 Å². The molecule has 14 nitrogen and oxygen atoms in total. The van der Waals surface area contributed by atoms with Crippen molar-refractivity contribution in [1.82, 2.24) is 34.6 Å². The normalized spacial score (nSPS) is 21.0. The van der Waals surface area contributed by atoms with E-state index in [0.717, 1.165) is 118 Å². The van der Waals surface area contributed by atoms with Gasteiger partial charge in [-0.3, -0.25) is 33.7 Å². The number of carbonyl (C=O) groups is 3. The van der Waals surface area contributed by atoms with E-state index in [0.29, 0.717) is 24.4 Å². The minimum absolute atomic E-state index is 0.0255. The first-order chi connectivity index (χ1) is 28.2. The molecule has 58 heavy (non-hydrogen) atoms. The van der Waals surface area contributed by atoms with Crippen molar-refractivity contribution in [2.45, 2.75) is 44.7 Å². The number of nitrogens with one attached hydrogen (secondary N) is 3. The average molecular weight is 799 g/mol. The Labute approximate surface area is 338 Å². The third-order valence-electron chi connectivity index (χ3n) is 12.5. The Kier molecular flexibility index (Phi) is 9.16. The zero-order valence-electron chi connectivity index (χ0n) is 32.7. The smallest absolute Gasteiger partial charge is 0.329 e. The minimum Gasteiger partial charge on any atom is -0.381 e. The Morgan fingerprint density at radius 3 is 2.47 bits per heavy atom. The number of pyridine rings is 2. The summed E-state index contributed by atoms with van der Waals surface area (Å²) >= 11 is 1.52. The van der Waals surface area contributed by atoms with Crippen LogP contribution in [0.2, 0.25) is 0 Å². The van der Waals surface area contributed by atoms with E-state index in [9.17, 15) is 19.2 Å². The number of fused-ring (bicyclic) bond motifs is 6. The zero-order valence-corrected chi connectivity index (χ0v) is 33.5. The fraction of sp³-hybridized carbons (Fsp3) is 0.395. The van der Waals surface area contributed by atoms with Gasteiger partial charge in [-0.05, 0) is 86.7 Å². The molecule has 0 bridgehead atoms. The maximum absolute atomic E-state index is 13.2. The standard InChI is InChI=1S/C43H46N10O4S/c1-25-22-45-39-38-29-5-6-30(47-31(29)7-10-35(38)58-40(39)42(56)46-25)27-3-11-36(44-23-27)52-19-17-50(18-20-52)24-26-13-15-51(16-14-26)28-4-8-32-34(21-28)49(2)43(57)53(32)33-9-12-37(54)48-41(33)55/h3-8,10-11,21,23,25-26,33,45H,9,12-20,22,24H2,1-2H3,(H,46,56)(H,48,54,55)/t25-,33?/m1/s1. The first-order valence-corrected chi connectivity index (χ1v) is 21.1. The van der Waals surface area contributed by atoms with Crippen LogP contribution >= 0.6 is 11.3 Å². The van der Waals surface area contributed by atoms with Gasteiger partial charge in [0.05, 0.1) is 27.9 Å². The predicted molar refractivity (Wildman–Crippen MR) is 228 cm³/mol. The summed E-state index contributed by atoms with van der Waals surface area (Å²) in [7, 11) is 1.74. The highest BCUT2D eigenvalue weighted by molar-refractivity contribution is 7.21. The van der Waals surface area contributed by atoms with Crippen LogP contribution in [0.5, 0.6) is 0 Å². The van der Waals surface area contributed by atoms with Crippen molar-refractivity contribution >= 4 is 78.3 Å². The number of imide groups is 1. The molecule has 0 aliphatic carbocycles. The van der Waals surface area contributed by atoms with E-state index in [1.165, 1.54) is 15.9 Å². The Hall–Kier alpha value is -5.80. The number of carbonyl (C=O) groups excluding carboxylic acids is 3. The third kappa shape index (κ3) is 6.46. The number of aromatic nitrogens is 4. The van der Waals surface area contributed by atoms with E-state index in [1.54, 1.807) is 11.6 Å². The van der Waals surface area contributed by atoms with Gasteiger partial charge < -0.3 is 20.4 Å². The summed E-state index contributed by atoms with van der Waals surface area (Å²) < 4.78 is 4.22. The number of piperidine rings is 2. The van der Waals surface area contributed by atoms with Gasteiger partial charge in [-0.15, -0.1) is 11.3 Å². The van der Waals surface area contributed by atoms with Gasteiger partial charge in [0.25, 0.3) is 5.91 Å². The van der Waals surface area contributed by atoms with Gasteiger partial charge in [-0.2, -0.15) is 0 Å². The number of thiophene rings is 1. The third-order valence-corrected chi connectivity index (χ3v) is 13.7. The second-order valence-corrected chi connectivity index (χ2v) is 17.3. The van der Waals surface area contributed by atoms with E-state index in [-0.39, 0.29) is 30.0 Å². The molecule has 298 valence electrons. The lowest BCUT2D eigenvalue weighted by Gasteiger charge is -2.39. The quantitative estimate of drug-likeness (QED) is 0.202. The number of aryl methyl sites for hydroxylation is 1. The molecule has 2 atom stereocenters. The van der Waals surface area contributed by atoms with E-state index in [4.69, 9.17) is 9.97 Å². The Balaban J connectivity index is 0.743. The number of anilines is 3. The Morgan fingerprint density at radius 2 is 1.69 bits per heavy atom. The number of hydrogen-bond donors (Lipinski definition) is 3. The summed E-state index contributed by atoms with van der Waals surface area (Å²) in [5, 5.41) is 11.1. The Morgan fingerprint density at radius 1 is 0.862 bits per heavy atom. The minimum atomic E-state index is -0.681. The molecular weight excluding hydrogens is 753 g/mol. The van der Waals surface area contributed by atoms with Crippen molar-refractivity contribution in [3.8, 4) is 11.3 Å². The molecule has 0 radical (unpaired) electrons. The highest BCUT2D eigenvalue weighted by Crippen LogP contribution is 2.41. The monoisotopic (exact) mass is 798 g/mol. The zero-order chi connectivity index (χ0) is 39.7. The van der Waals surface area contributed by atoms with Gasteiger partial charge >= 0.3 is 5.69 Å². The van der Waals surface area contributed by atoms with Crippen molar-refractivity contribution < 1.29 is 14.4 Å². The average Bonchev–Trinajstić information content (AvgIpc) is 3.69. The first-order valence-electron chi connectivity index (χ1n) is 20.3. The molecule has 0 spiro atoms. The fourth-order valence-electron chi connectivity index (χ4n) is 9.29. The van der Waals surface area contributed by atoms with Crippen LogP contribution in [0, 0.1) is 5.92 Å². The van der Waals surface area contributed by atoms with Crippen molar-refractivity contribution in [3.05, 3.63) is 76.2 Å². The number of hydrogen-bond acceptors (Lipinski definition) is 11. The van der Waals surface area contributed by atoms with E-state index >= 15 is 0 Å². The predicted octanol–water partition coefficient (Wildman–Crippen LogP) is 4.73. The number of nitrogens with zero attached hydrogens (tertiary/aromatic N) is 7. The van der Waals surface area contributed by atoms with Crippen LogP contribution in [0.3, 0.4) is 0 Å². The van der Waals surface area contributed by atoms with Gasteiger partial charge in [0.1, 0.15) is 16.7 Å². The van der Waals surface area contributed by atoms with Crippen LogP contribution in [-0.2, 0) is 16.6 Å². The SMILES string of the molecule is C[C@@H]1CNc2c(sc3ccc4nc(-c5ccc(N6CCN(CC7CCN(c8ccc9c(c8)n(C)c(=O)n9C8CCC(=O)NC8=O)CC7)CC6)nc5)ccc4c23)C(=O)N1. The molecular formula is C43H46N10O4S.